The van der Waals surface area contributed by atoms with Gasteiger partial charge in [0, 0.05) is 30.5 Å². The van der Waals surface area contributed by atoms with Crippen LogP contribution >= 0.6 is 11.6 Å². The maximum Gasteiger partial charge on any atom is 0.119 e. The summed E-state index contributed by atoms with van der Waals surface area (Å²) in [6.45, 7) is 2.16. The third kappa shape index (κ3) is 5.08. The van der Waals surface area contributed by atoms with Crippen molar-refractivity contribution in [1.82, 2.24) is 10.3 Å². The fourth-order valence-corrected chi connectivity index (χ4v) is 2.43. The van der Waals surface area contributed by atoms with Crippen LogP contribution in [0.25, 0.3) is 0 Å². The zero-order valence-electron chi connectivity index (χ0n) is 13.3. The maximum absolute atomic E-state index is 5.88. The van der Waals surface area contributed by atoms with Gasteiger partial charge in [-0.15, -0.1) is 0 Å². The summed E-state index contributed by atoms with van der Waals surface area (Å²) in [6.07, 6.45) is 3.66. The zero-order valence-corrected chi connectivity index (χ0v) is 14.0. The molecule has 0 amide bonds. The molecule has 0 aliphatic rings. The van der Waals surface area contributed by atoms with Crippen LogP contribution in [0.15, 0.2) is 73.1 Å². The smallest absolute Gasteiger partial charge is 0.119 e. The number of hydrogen-bond acceptors (Lipinski definition) is 3. The molecule has 0 fully saturated rings. The molecular formula is C20H19ClN2O. The SMILES string of the molecule is Clc1ccc(COc2ccc(CNCc3cccnc3)cc2)cc1. The molecule has 3 aromatic rings. The first-order valence-electron chi connectivity index (χ1n) is 7.85. The highest BCUT2D eigenvalue weighted by Crippen LogP contribution is 2.15. The Morgan fingerprint density at radius 3 is 2.25 bits per heavy atom. The molecule has 0 aliphatic heterocycles. The van der Waals surface area contributed by atoms with E-state index in [1.807, 2.05) is 48.7 Å². The molecule has 122 valence electrons. The first-order chi connectivity index (χ1) is 11.8. The molecule has 1 heterocycles. The second-order valence-electron chi connectivity index (χ2n) is 5.52. The minimum atomic E-state index is 0.537. The van der Waals surface area contributed by atoms with Crippen LogP contribution in [-0.2, 0) is 19.7 Å². The summed E-state index contributed by atoms with van der Waals surface area (Å²) in [6, 6.07) is 19.8. The molecule has 0 saturated carbocycles. The van der Waals surface area contributed by atoms with Crippen LogP contribution < -0.4 is 10.1 Å². The van der Waals surface area contributed by atoms with E-state index in [9.17, 15) is 0 Å². The van der Waals surface area contributed by atoms with E-state index in [4.69, 9.17) is 16.3 Å². The fourth-order valence-electron chi connectivity index (χ4n) is 2.30. The molecule has 0 aliphatic carbocycles. The number of nitrogens with zero attached hydrogens (tertiary/aromatic N) is 1. The van der Waals surface area contributed by atoms with Crippen LogP contribution in [0, 0.1) is 0 Å². The van der Waals surface area contributed by atoms with Crippen LogP contribution in [0.5, 0.6) is 5.75 Å². The Labute approximate surface area is 147 Å². The zero-order chi connectivity index (χ0) is 16.6. The summed E-state index contributed by atoms with van der Waals surface area (Å²) in [5, 5.41) is 4.15. The van der Waals surface area contributed by atoms with Gasteiger partial charge in [-0.05, 0) is 47.0 Å². The lowest BCUT2D eigenvalue weighted by Crippen LogP contribution is -2.12. The first kappa shape index (κ1) is 16.5. The van der Waals surface area contributed by atoms with Gasteiger partial charge in [0.1, 0.15) is 12.4 Å². The highest BCUT2D eigenvalue weighted by molar-refractivity contribution is 6.30. The Balaban J connectivity index is 1.45. The van der Waals surface area contributed by atoms with Crippen molar-refractivity contribution in [3.8, 4) is 5.75 Å². The number of benzene rings is 2. The molecule has 0 bridgehead atoms. The third-order valence-electron chi connectivity index (χ3n) is 3.62. The lowest BCUT2D eigenvalue weighted by molar-refractivity contribution is 0.306. The number of aromatic nitrogens is 1. The fraction of sp³-hybridized carbons (Fsp3) is 0.150. The van der Waals surface area contributed by atoms with Gasteiger partial charge in [-0.3, -0.25) is 4.98 Å². The van der Waals surface area contributed by atoms with E-state index in [1.165, 1.54) is 11.1 Å². The van der Waals surface area contributed by atoms with Gasteiger partial charge in [0.2, 0.25) is 0 Å². The van der Waals surface area contributed by atoms with Gasteiger partial charge in [-0.25, -0.2) is 0 Å². The molecule has 1 N–H and O–H groups in total. The van der Waals surface area contributed by atoms with Crippen molar-refractivity contribution in [1.29, 1.82) is 0 Å². The Morgan fingerprint density at radius 1 is 0.833 bits per heavy atom. The Bertz CT molecular complexity index is 743. The second kappa shape index (κ2) is 8.48. The Morgan fingerprint density at radius 2 is 1.54 bits per heavy atom. The lowest BCUT2D eigenvalue weighted by atomic mass is 10.2. The molecule has 1 aromatic heterocycles. The average molecular weight is 339 g/mol. The number of hydrogen-bond donors (Lipinski definition) is 1. The second-order valence-corrected chi connectivity index (χ2v) is 5.96. The van der Waals surface area contributed by atoms with Crippen LogP contribution in [0.2, 0.25) is 5.02 Å². The largest absolute Gasteiger partial charge is 0.489 e. The van der Waals surface area contributed by atoms with Crippen molar-refractivity contribution in [2.45, 2.75) is 19.7 Å². The van der Waals surface area contributed by atoms with Crippen LogP contribution in [0.1, 0.15) is 16.7 Å². The summed E-state index contributed by atoms with van der Waals surface area (Å²) in [4.78, 5) is 4.11. The molecule has 4 heteroatoms. The number of pyridine rings is 1. The quantitative estimate of drug-likeness (QED) is 0.683. The molecule has 0 spiro atoms. The molecule has 0 saturated heterocycles. The van der Waals surface area contributed by atoms with Crippen molar-refractivity contribution in [3.63, 3.8) is 0 Å². The molecule has 24 heavy (non-hydrogen) atoms. The Hall–Kier alpha value is -2.36. The van der Waals surface area contributed by atoms with Crippen molar-refractivity contribution < 1.29 is 4.74 Å². The minimum Gasteiger partial charge on any atom is -0.489 e. The average Bonchev–Trinajstić information content (AvgIpc) is 2.63. The van der Waals surface area contributed by atoms with E-state index in [2.05, 4.69) is 28.5 Å². The van der Waals surface area contributed by atoms with Crippen molar-refractivity contribution >= 4 is 11.6 Å². The molecule has 0 atom stereocenters. The van der Waals surface area contributed by atoms with Gasteiger partial charge >= 0.3 is 0 Å². The summed E-state index contributed by atoms with van der Waals surface area (Å²) < 4.78 is 5.79. The predicted molar refractivity (Wildman–Crippen MR) is 97.0 cm³/mol. The molecule has 0 radical (unpaired) electrons. The van der Waals surface area contributed by atoms with Crippen LogP contribution in [0.4, 0.5) is 0 Å². The molecule has 3 rings (SSSR count). The standard InChI is InChI=1S/C20H19ClN2O/c21-19-7-3-17(4-8-19)15-24-20-9-5-16(6-10-20)12-23-14-18-2-1-11-22-13-18/h1-11,13,23H,12,14-15H2. The van der Waals surface area contributed by atoms with E-state index in [1.54, 1.807) is 6.20 Å². The van der Waals surface area contributed by atoms with E-state index >= 15 is 0 Å². The number of ether oxygens (including phenoxy) is 1. The van der Waals surface area contributed by atoms with Crippen molar-refractivity contribution in [2.24, 2.45) is 0 Å². The lowest BCUT2D eigenvalue weighted by Gasteiger charge is -2.08. The van der Waals surface area contributed by atoms with E-state index in [0.717, 1.165) is 29.4 Å². The number of halogens is 1. The number of rotatable bonds is 7. The topological polar surface area (TPSA) is 34.1 Å². The Kier molecular flexibility index (Phi) is 5.83. The van der Waals surface area contributed by atoms with Crippen molar-refractivity contribution in [3.05, 3.63) is 94.8 Å². The highest BCUT2D eigenvalue weighted by Gasteiger charge is 1.98. The van der Waals surface area contributed by atoms with Crippen LogP contribution in [0.3, 0.4) is 0 Å². The van der Waals surface area contributed by atoms with Gasteiger partial charge < -0.3 is 10.1 Å². The third-order valence-corrected chi connectivity index (χ3v) is 3.88. The summed E-state index contributed by atoms with van der Waals surface area (Å²) >= 11 is 5.88. The predicted octanol–water partition coefficient (Wildman–Crippen LogP) is 4.60. The molecular weight excluding hydrogens is 320 g/mol. The molecule has 0 unspecified atom stereocenters. The van der Waals surface area contributed by atoms with Gasteiger partial charge in [0.25, 0.3) is 0 Å². The van der Waals surface area contributed by atoms with Gasteiger partial charge in [0.15, 0.2) is 0 Å². The summed E-state index contributed by atoms with van der Waals surface area (Å²) in [5.74, 6) is 0.862. The molecule has 2 aromatic carbocycles. The van der Waals surface area contributed by atoms with Crippen molar-refractivity contribution in [2.75, 3.05) is 0 Å². The molecule has 3 nitrogen and oxygen atoms in total. The van der Waals surface area contributed by atoms with E-state index in [0.29, 0.717) is 6.61 Å². The number of nitrogens with one attached hydrogen (secondary N) is 1. The van der Waals surface area contributed by atoms with E-state index < -0.39 is 0 Å². The maximum atomic E-state index is 5.88. The van der Waals surface area contributed by atoms with Crippen LogP contribution in [-0.4, -0.2) is 4.98 Å². The monoisotopic (exact) mass is 338 g/mol. The normalized spacial score (nSPS) is 10.5. The highest BCUT2D eigenvalue weighted by atomic mass is 35.5. The first-order valence-corrected chi connectivity index (χ1v) is 8.23. The summed E-state index contributed by atoms with van der Waals surface area (Å²) in [5.41, 5.74) is 3.50. The summed E-state index contributed by atoms with van der Waals surface area (Å²) in [7, 11) is 0. The van der Waals surface area contributed by atoms with Gasteiger partial charge in [-0.1, -0.05) is 41.9 Å². The van der Waals surface area contributed by atoms with Gasteiger partial charge in [-0.2, -0.15) is 0 Å². The minimum absolute atomic E-state index is 0.537. The van der Waals surface area contributed by atoms with E-state index in [-0.39, 0.29) is 0 Å². The van der Waals surface area contributed by atoms with Gasteiger partial charge in [0.05, 0.1) is 0 Å².